The van der Waals surface area contributed by atoms with Crippen molar-refractivity contribution in [1.29, 1.82) is 0 Å². The van der Waals surface area contributed by atoms with Gasteiger partial charge < -0.3 is 10.1 Å². The smallest absolute Gasteiger partial charge is 0.299 e. The number of nitrogens with one attached hydrogen (secondary N) is 1. The highest BCUT2D eigenvalue weighted by atomic mass is 35.5. The third-order valence-electron chi connectivity index (χ3n) is 5.01. The predicted octanol–water partition coefficient (Wildman–Crippen LogP) is 4.70. The number of carbonyl (C=O) groups excluding carboxylic acids is 1. The summed E-state index contributed by atoms with van der Waals surface area (Å²) in [6.45, 7) is 4.37. The van der Waals surface area contributed by atoms with Crippen LogP contribution in [0.2, 0.25) is 5.02 Å². The maximum Gasteiger partial charge on any atom is 0.299 e. The molecule has 1 amide bonds. The van der Waals surface area contributed by atoms with Crippen LogP contribution in [0.3, 0.4) is 0 Å². The minimum absolute atomic E-state index is 0.144. The molecular weight excluding hydrogens is 412 g/mol. The molecule has 4 rings (SSSR count). The summed E-state index contributed by atoms with van der Waals surface area (Å²) in [5.74, 6) is -0.232. The van der Waals surface area contributed by atoms with Crippen molar-refractivity contribution < 1.29 is 9.53 Å². The highest BCUT2D eigenvalue weighted by Crippen LogP contribution is 2.22. The zero-order valence-corrected chi connectivity index (χ0v) is 18.1. The average Bonchev–Trinajstić information content (AvgIpc) is 3.11. The van der Waals surface area contributed by atoms with Crippen molar-refractivity contribution in [3.05, 3.63) is 88.6 Å². The molecule has 0 unspecified atom stereocenters. The Morgan fingerprint density at radius 2 is 1.87 bits per heavy atom. The Morgan fingerprint density at radius 3 is 2.61 bits per heavy atom. The lowest BCUT2D eigenvalue weighted by Crippen LogP contribution is -2.31. The van der Waals surface area contributed by atoms with Crippen LogP contribution in [0.1, 0.15) is 29.7 Å². The normalized spacial score (nSPS) is 12.0. The molecule has 0 bridgehead atoms. The molecule has 2 aromatic carbocycles. The van der Waals surface area contributed by atoms with Gasteiger partial charge in [0.1, 0.15) is 5.52 Å². The van der Waals surface area contributed by atoms with E-state index in [4.69, 9.17) is 16.3 Å². The first kappa shape index (κ1) is 20.9. The van der Waals surface area contributed by atoms with E-state index in [-0.39, 0.29) is 18.6 Å². The second-order valence-corrected chi connectivity index (χ2v) is 7.88. The van der Waals surface area contributed by atoms with Gasteiger partial charge in [0.15, 0.2) is 12.3 Å². The van der Waals surface area contributed by atoms with Crippen LogP contribution in [-0.2, 0) is 11.3 Å². The number of imidazole rings is 1. The van der Waals surface area contributed by atoms with Crippen molar-refractivity contribution in [2.24, 2.45) is 0 Å². The molecule has 0 radical (unpaired) electrons. The Labute approximate surface area is 185 Å². The molecule has 0 aliphatic rings. The van der Waals surface area contributed by atoms with E-state index in [2.05, 4.69) is 46.5 Å². The molecule has 0 fully saturated rings. The van der Waals surface area contributed by atoms with E-state index in [1.165, 1.54) is 5.56 Å². The maximum atomic E-state index is 12.5. The summed E-state index contributed by atoms with van der Waals surface area (Å²) in [5.41, 5.74) is 4.70. The van der Waals surface area contributed by atoms with Gasteiger partial charge in [-0.05, 0) is 49.2 Å². The molecule has 2 aromatic heterocycles. The van der Waals surface area contributed by atoms with Crippen LogP contribution in [0.25, 0.3) is 11.2 Å². The molecule has 0 aliphatic heterocycles. The van der Waals surface area contributed by atoms with E-state index >= 15 is 0 Å². The molecule has 158 valence electrons. The molecule has 7 heteroatoms. The fraction of sp³-hybridized carbons (Fsp3) is 0.208. The number of nitrogens with zero attached hydrogens (tertiary/aromatic N) is 3. The number of fused-ring (bicyclic) bond motifs is 1. The van der Waals surface area contributed by atoms with Crippen molar-refractivity contribution >= 4 is 28.7 Å². The summed E-state index contributed by atoms with van der Waals surface area (Å²) >= 11 is 5.93. The molecule has 1 N–H and O–H groups in total. The molecule has 0 spiro atoms. The van der Waals surface area contributed by atoms with Gasteiger partial charge in [-0.2, -0.15) is 4.98 Å². The van der Waals surface area contributed by atoms with E-state index < -0.39 is 0 Å². The summed E-state index contributed by atoms with van der Waals surface area (Å²) < 4.78 is 7.70. The van der Waals surface area contributed by atoms with Gasteiger partial charge in [-0.1, -0.05) is 53.6 Å². The zero-order chi connectivity index (χ0) is 21.8. The first-order valence-electron chi connectivity index (χ1n) is 10.0. The van der Waals surface area contributed by atoms with E-state index in [9.17, 15) is 4.79 Å². The van der Waals surface area contributed by atoms with Gasteiger partial charge in [0.2, 0.25) is 0 Å². The van der Waals surface area contributed by atoms with Crippen molar-refractivity contribution in [1.82, 2.24) is 19.9 Å². The van der Waals surface area contributed by atoms with Crippen LogP contribution in [0.15, 0.2) is 66.9 Å². The number of hydrogen-bond donors (Lipinski definition) is 1. The average molecular weight is 435 g/mol. The van der Waals surface area contributed by atoms with E-state index in [0.717, 1.165) is 16.6 Å². The Balaban J connectivity index is 1.48. The third kappa shape index (κ3) is 5.03. The van der Waals surface area contributed by atoms with Crippen molar-refractivity contribution in [2.75, 3.05) is 6.61 Å². The predicted molar refractivity (Wildman–Crippen MR) is 121 cm³/mol. The molecular formula is C24H23ClN4O2. The van der Waals surface area contributed by atoms with Gasteiger partial charge in [0.25, 0.3) is 11.9 Å². The van der Waals surface area contributed by atoms with E-state index in [1.807, 2.05) is 35.8 Å². The zero-order valence-electron chi connectivity index (χ0n) is 17.4. The standard InChI is InChI=1S/C24H23ClN4O2/c1-16-5-7-18(8-6-16)14-29-23-21(4-3-13-26-23)28-24(29)31-15-22(30)27-17(2)19-9-11-20(25)12-10-19/h3-13,17H,14-15H2,1-2H3,(H,27,30)/t17-/m0/s1. The maximum absolute atomic E-state index is 12.5. The first-order chi connectivity index (χ1) is 15.0. The Morgan fingerprint density at radius 1 is 1.13 bits per heavy atom. The molecule has 0 saturated carbocycles. The molecule has 1 atom stereocenters. The number of ether oxygens (including phenoxy) is 1. The van der Waals surface area contributed by atoms with Crippen LogP contribution in [0.5, 0.6) is 6.01 Å². The van der Waals surface area contributed by atoms with Crippen LogP contribution < -0.4 is 10.1 Å². The largest absolute Gasteiger partial charge is 0.455 e. The number of pyridine rings is 1. The topological polar surface area (TPSA) is 69.0 Å². The fourth-order valence-corrected chi connectivity index (χ4v) is 3.44. The SMILES string of the molecule is Cc1ccc(Cn2c(OCC(=O)N[C@@H](C)c3ccc(Cl)cc3)nc3cccnc32)cc1. The van der Waals surface area contributed by atoms with E-state index in [1.54, 1.807) is 18.3 Å². The summed E-state index contributed by atoms with van der Waals surface area (Å²) in [6, 6.07) is 19.5. The summed E-state index contributed by atoms with van der Waals surface area (Å²) in [7, 11) is 0. The summed E-state index contributed by atoms with van der Waals surface area (Å²) in [4.78, 5) is 21.5. The molecule has 6 nitrogen and oxygen atoms in total. The van der Waals surface area contributed by atoms with Crippen LogP contribution >= 0.6 is 11.6 Å². The van der Waals surface area contributed by atoms with Crippen molar-refractivity contribution in [3.63, 3.8) is 0 Å². The van der Waals surface area contributed by atoms with Gasteiger partial charge >= 0.3 is 0 Å². The molecule has 0 saturated heterocycles. The van der Waals surface area contributed by atoms with Crippen molar-refractivity contribution in [3.8, 4) is 6.01 Å². The van der Waals surface area contributed by atoms with Gasteiger partial charge in [-0.3, -0.25) is 9.36 Å². The Kier molecular flexibility index (Phi) is 6.18. The summed E-state index contributed by atoms with van der Waals surface area (Å²) in [6.07, 6.45) is 1.72. The minimum Gasteiger partial charge on any atom is -0.455 e. The number of aryl methyl sites for hydroxylation is 1. The quantitative estimate of drug-likeness (QED) is 0.458. The molecule has 4 aromatic rings. The number of aromatic nitrogens is 3. The number of benzene rings is 2. The van der Waals surface area contributed by atoms with Gasteiger partial charge in [0.05, 0.1) is 12.6 Å². The fourth-order valence-electron chi connectivity index (χ4n) is 3.31. The lowest BCUT2D eigenvalue weighted by molar-refractivity contribution is -0.123. The number of carbonyl (C=O) groups is 1. The number of rotatable bonds is 7. The summed E-state index contributed by atoms with van der Waals surface area (Å²) in [5, 5.41) is 3.59. The molecule has 31 heavy (non-hydrogen) atoms. The first-order valence-corrected chi connectivity index (χ1v) is 10.4. The Hall–Kier alpha value is -3.38. The minimum atomic E-state index is -0.232. The van der Waals surface area contributed by atoms with Crippen LogP contribution in [0, 0.1) is 6.92 Å². The highest BCUT2D eigenvalue weighted by Gasteiger charge is 2.16. The lowest BCUT2D eigenvalue weighted by Gasteiger charge is -2.15. The van der Waals surface area contributed by atoms with Crippen LogP contribution in [0.4, 0.5) is 0 Å². The van der Waals surface area contributed by atoms with Gasteiger partial charge in [-0.15, -0.1) is 0 Å². The molecule has 0 aliphatic carbocycles. The third-order valence-corrected chi connectivity index (χ3v) is 5.26. The second-order valence-electron chi connectivity index (χ2n) is 7.44. The number of halogens is 1. The van der Waals surface area contributed by atoms with E-state index in [0.29, 0.717) is 23.2 Å². The van der Waals surface area contributed by atoms with Gasteiger partial charge in [0, 0.05) is 11.2 Å². The highest BCUT2D eigenvalue weighted by molar-refractivity contribution is 6.30. The lowest BCUT2D eigenvalue weighted by atomic mass is 10.1. The Bertz CT molecular complexity index is 1190. The molecule has 2 heterocycles. The van der Waals surface area contributed by atoms with Crippen molar-refractivity contribution in [2.45, 2.75) is 26.4 Å². The second kappa shape index (κ2) is 9.18. The monoisotopic (exact) mass is 434 g/mol. The number of hydrogen-bond acceptors (Lipinski definition) is 4. The number of amides is 1. The van der Waals surface area contributed by atoms with Gasteiger partial charge in [-0.25, -0.2) is 4.98 Å². The van der Waals surface area contributed by atoms with Crippen LogP contribution in [-0.4, -0.2) is 27.0 Å².